The maximum absolute atomic E-state index is 12.5. The largest absolute Gasteiger partial charge is 0.455 e. The summed E-state index contributed by atoms with van der Waals surface area (Å²) in [6.07, 6.45) is 1.16. The van der Waals surface area contributed by atoms with E-state index in [1.807, 2.05) is 60.7 Å². The van der Waals surface area contributed by atoms with Crippen molar-refractivity contribution >= 4 is 23.8 Å². The Morgan fingerprint density at radius 2 is 1.52 bits per heavy atom. The third kappa shape index (κ3) is 2.46. The van der Waals surface area contributed by atoms with Gasteiger partial charge in [0.1, 0.15) is 12.8 Å². The van der Waals surface area contributed by atoms with Crippen LogP contribution in [0.25, 0.3) is 0 Å². The molecule has 0 aromatic heterocycles. The monoisotopic (exact) mass is 280 g/mol. The van der Waals surface area contributed by atoms with Crippen LogP contribution in [0.3, 0.4) is 0 Å². The van der Waals surface area contributed by atoms with Gasteiger partial charge in [0.25, 0.3) is 5.91 Å². The second-order valence-corrected chi connectivity index (χ2v) is 4.79. The number of benzene rings is 2. The standard InChI is InChI=1S/C16H13N3O2/c20-15-11-17-19(16(21)18-15,14-9-5-2-6-10-14)12-13-7-3-1-4-8-13/h1-11H,12H2/p+1. The summed E-state index contributed by atoms with van der Waals surface area (Å²) in [4.78, 5) is 23.8. The lowest BCUT2D eigenvalue weighted by Crippen LogP contribution is -2.59. The first-order valence-corrected chi connectivity index (χ1v) is 6.59. The molecule has 0 fully saturated rings. The lowest BCUT2D eigenvalue weighted by Gasteiger charge is -2.30. The van der Waals surface area contributed by atoms with Crippen molar-refractivity contribution in [2.24, 2.45) is 5.10 Å². The topological polar surface area (TPSA) is 58.5 Å². The molecule has 5 nitrogen and oxygen atoms in total. The van der Waals surface area contributed by atoms with E-state index in [2.05, 4.69) is 10.4 Å². The van der Waals surface area contributed by atoms with Crippen LogP contribution in [0.5, 0.6) is 0 Å². The van der Waals surface area contributed by atoms with E-state index in [0.29, 0.717) is 12.2 Å². The lowest BCUT2D eigenvalue weighted by atomic mass is 10.2. The third-order valence-electron chi connectivity index (χ3n) is 3.38. The number of nitrogens with zero attached hydrogens (tertiary/aromatic N) is 2. The number of rotatable bonds is 3. The molecule has 0 aliphatic carbocycles. The van der Waals surface area contributed by atoms with Gasteiger partial charge in [-0.25, -0.2) is 10.1 Å². The molecule has 3 amide bonds. The Hall–Kier alpha value is -2.79. The minimum absolute atomic E-state index is 0.295. The fourth-order valence-electron chi connectivity index (χ4n) is 2.34. The van der Waals surface area contributed by atoms with Crippen LogP contribution in [0, 0.1) is 0 Å². The first-order valence-electron chi connectivity index (χ1n) is 6.59. The molecule has 0 saturated carbocycles. The molecule has 0 bridgehead atoms. The Morgan fingerprint density at radius 3 is 2.14 bits per heavy atom. The van der Waals surface area contributed by atoms with Crippen LogP contribution in [0.2, 0.25) is 0 Å². The fraction of sp³-hybridized carbons (Fsp3) is 0.0625. The molecule has 1 aliphatic rings. The zero-order valence-electron chi connectivity index (χ0n) is 11.3. The van der Waals surface area contributed by atoms with Gasteiger partial charge in [0.2, 0.25) is 0 Å². The quantitative estimate of drug-likeness (QED) is 0.878. The van der Waals surface area contributed by atoms with Crippen molar-refractivity contribution in [3.05, 3.63) is 66.2 Å². The number of nitrogens with one attached hydrogen (secondary N) is 1. The smallest absolute Gasteiger partial charge is 0.267 e. The van der Waals surface area contributed by atoms with Crippen LogP contribution in [0.1, 0.15) is 5.56 Å². The maximum atomic E-state index is 12.5. The minimum atomic E-state index is -0.488. The molecule has 1 N–H and O–H groups in total. The zero-order chi connectivity index (χ0) is 14.7. The van der Waals surface area contributed by atoms with Gasteiger partial charge in [-0.3, -0.25) is 4.79 Å². The lowest BCUT2D eigenvalue weighted by molar-refractivity contribution is -0.114. The van der Waals surface area contributed by atoms with Gasteiger partial charge in [-0.2, -0.15) is 0 Å². The summed E-state index contributed by atoms with van der Waals surface area (Å²) >= 11 is 0. The molecule has 0 radical (unpaired) electrons. The number of carbonyl (C=O) groups excluding carboxylic acids is 2. The number of amides is 3. The van der Waals surface area contributed by atoms with E-state index in [0.717, 1.165) is 11.8 Å². The third-order valence-corrected chi connectivity index (χ3v) is 3.38. The maximum Gasteiger partial charge on any atom is 0.455 e. The highest BCUT2D eigenvalue weighted by molar-refractivity contribution is 6.32. The molecule has 2 aromatic carbocycles. The van der Waals surface area contributed by atoms with Crippen molar-refractivity contribution in [2.45, 2.75) is 6.54 Å². The Bertz CT molecular complexity index is 698. The minimum Gasteiger partial charge on any atom is -0.267 e. The molecular weight excluding hydrogens is 266 g/mol. The Balaban J connectivity index is 2.10. The van der Waals surface area contributed by atoms with E-state index in [1.165, 1.54) is 0 Å². The van der Waals surface area contributed by atoms with Crippen molar-refractivity contribution in [3.8, 4) is 0 Å². The predicted molar refractivity (Wildman–Crippen MR) is 80.4 cm³/mol. The van der Waals surface area contributed by atoms with Gasteiger partial charge in [0.15, 0.2) is 5.69 Å². The summed E-state index contributed by atoms with van der Waals surface area (Å²) in [6, 6.07) is 18.4. The van der Waals surface area contributed by atoms with Gasteiger partial charge >= 0.3 is 6.03 Å². The van der Waals surface area contributed by atoms with Gasteiger partial charge in [0.05, 0.1) is 0 Å². The zero-order valence-corrected chi connectivity index (χ0v) is 11.3. The molecule has 1 heterocycles. The van der Waals surface area contributed by atoms with Crippen LogP contribution in [0.4, 0.5) is 10.5 Å². The van der Waals surface area contributed by atoms with Crippen molar-refractivity contribution in [1.29, 1.82) is 0 Å². The molecule has 104 valence electrons. The number of carbonyl (C=O) groups is 2. The van der Waals surface area contributed by atoms with E-state index in [4.69, 9.17) is 0 Å². The normalized spacial score (nSPS) is 21.1. The number of quaternary nitrogens is 1. The average Bonchev–Trinajstić information content (AvgIpc) is 2.52. The molecule has 1 aliphatic heterocycles. The highest BCUT2D eigenvalue weighted by Crippen LogP contribution is 2.28. The summed E-state index contributed by atoms with van der Waals surface area (Å²) in [5, 5.41) is 6.57. The predicted octanol–water partition coefficient (Wildman–Crippen LogP) is 2.43. The fourth-order valence-corrected chi connectivity index (χ4v) is 2.34. The summed E-state index contributed by atoms with van der Waals surface area (Å²) in [6.45, 7) is 0.348. The van der Waals surface area contributed by atoms with Crippen LogP contribution < -0.4 is 9.91 Å². The molecule has 3 rings (SSSR count). The second kappa shape index (κ2) is 5.30. The number of hydrogen-bond acceptors (Lipinski definition) is 3. The van der Waals surface area contributed by atoms with Gasteiger partial charge in [-0.15, -0.1) is 0 Å². The van der Waals surface area contributed by atoms with Crippen molar-refractivity contribution in [2.75, 3.05) is 0 Å². The van der Waals surface area contributed by atoms with E-state index >= 15 is 0 Å². The average molecular weight is 280 g/mol. The van der Waals surface area contributed by atoms with Gasteiger partial charge in [-0.1, -0.05) is 58.2 Å². The first kappa shape index (κ1) is 13.2. The van der Waals surface area contributed by atoms with Gasteiger partial charge in [-0.05, 0) is 0 Å². The molecule has 21 heavy (non-hydrogen) atoms. The SMILES string of the molecule is O=C1C=N[N+](Cc2ccccc2)(c2ccccc2)C(=O)N1. The first-order chi connectivity index (χ1) is 10.2. The number of para-hydroxylation sites is 1. The van der Waals surface area contributed by atoms with Crippen molar-refractivity contribution in [1.82, 2.24) is 9.91 Å². The van der Waals surface area contributed by atoms with Gasteiger partial charge in [0, 0.05) is 17.7 Å². The number of imide groups is 1. The molecular formula is C16H14N3O2+. The molecule has 1 atom stereocenters. The second-order valence-electron chi connectivity index (χ2n) is 4.79. The summed E-state index contributed by atoms with van der Waals surface area (Å²) in [7, 11) is 0. The molecule has 0 saturated heterocycles. The Kier molecular flexibility index (Phi) is 3.33. The van der Waals surface area contributed by atoms with E-state index in [1.54, 1.807) is 0 Å². The number of hydrogen-bond donors (Lipinski definition) is 1. The summed E-state index contributed by atoms with van der Waals surface area (Å²) < 4.78 is -0.295. The Labute approximate surface area is 122 Å². The van der Waals surface area contributed by atoms with Crippen molar-refractivity contribution < 1.29 is 9.59 Å². The number of urea groups is 1. The Morgan fingerprint density at radius 1 is 0.905 bits per heavy atom. The van der Waals surface area contributed by atoms with E-state index in [-0.39, 0.29) is 4.59 Å². The van der Waals surface area contributed by atoms with E-state index < -0.39 is 11.9 Å². The van der Waals surface area contributed by atoms with Crippen LogP contribution in [-0.2, 0) is 11.3 Å². The highest BCUT2D eigenvalue weighted by Gasteiger charge is 2.44. The van der Waals surface area contributed by atoms with Crippen LogP contribution in [0.15, 0.2) is 65.8 Å². The van der Waals surface area contributed by atoms with Crippen LogP contribution in [-0.4, -0.2) is 18.2 Å². The molecule has 0 spiro atoms. The summed E-state index contributed by atoms with van der Waals surface area (Å²) in [5.74, 6) is -0.488. The molecule has 5 heteroatoms. The molecule has 2 aromatic rings. The van der Waals surface area contributed by atoms with Crippen molar-refractivity contribution in [3.63, 3.8) is 0 Å². The van der Waals surface area contributed by atoms with E-state index in [9.17, 15) is 9.59 Å². The highest BCUT2D eigenvalue weighted by atomic mass is 16.2. The molecule has 1 unspecified atom stereocenters. The summed E-state index contributed by atoms with van der Waals surface area (Å²) in [5.41, 5.74) is 1.67. The van der Waals surface area contributed by atoms with Gasteiger partial charge < -0.3 is 0 Å². The van der Waals surface area contributed by atoms with Crippen LogP contribution >= 0.6 is 0 Å².